The topological polar surface area (TPSA) is 66.2 Å². The molecule has 0 N–H and O–H groups in total. The SMILES string of the molecule is COc1ccccc1-c1cnc2ccc(N3CCN(C(=O)N(C)C(C)C)CC3)nn12. The number of benzene rings is 1. The first-order chi connectivity index (χ1) is 14.5. The van der Waals surface area contributed by atoms with Gasteiger partial charge in [0.25, 0.3) is 0 Å². The van der Waals surface area contributed by atoms with Crippen LogP contribution >= 0.6 is 0 Å². The smallest absolute Gasteiger partial charge is 0.320 e. The number of carbonyl (C=O) groups is 1. The molecule has 8 nitrogen and oxygen atoms in total. The first kappa shape index (κ1) is 20.0. The maximum atomic E-state index is 12.6. The zero-order chi connectivity index (χ0) is 21.3. The molecule has 0 saturated carbocycles. The third-order valence-corrected chi connectivity index (χ3v) is 5.68. The van der Waals surface area contributed by atoms with Gasteiger partial charge in [-0.2, -0.15) is 0 Å². The van der Waals surface area contributed by atoms with Crippen LogP contribution in [-0.2, 0) is 0 Å². The number of piperazine rings is 1. The van der Waals surface area contributed by atoms with E-state index in [0.29, 0.717) is 13.1 Å². The van der Waals surface area contributed by atoms with Crippen LogP contribution in [0.5, 0.6) is 5.75 Å². The molecule has 3 heterocycles. The number of urea groups is 1. The Morgan fingerprint density at radius 2 is 1.83 bits per heavy atom. The van der Waals surface area contributed by atoms with Crippen molar-refractivity contribution in [3.63, 3.8) is 0 Å². The predicted octanol–water partition coefficient (Wildman–Crippen LogP) is 2.99. The fourth-order valence-corrected chi connectivity index (χ4v) is 3.64. The molecule has 3 aromatic rings. The summed E-state index contributed by atoms with van der Waals surface area (Å²) in [5, 5.41) is 4.85. The van der Waals surface area contributed by atoms with Gasteiger partial charge in [0.2, 0.25) is 0 Å². The van der Waals surface area contributed by atoms with E-state index in [0.717, 1.165) is 41.6 Å². The van der Waals surface area contributed by atoms with Crippen molar-refractivity contribution < 1.29 is 9.53 Å². The molecule has 8 heteroatoms. The second-order valence-electron chi connectivity index (χ2n) is 7.77. The number of nitrogens with zero attached hydrogens (tertiary/aromatic N) is 6. The van der Waals surface area contributed by atoms with Gasteiger partial charge in [-0.05, 0) is 38.1 Å². The summed E-state index contributed by atoms with van der Waals surface area (Å²) in [5.74, 6) is 1.66. The van der Waals surface area contributed by atoms with Crippen molar-refractivity contribution in [2.75, 3.05) is 45.2 Å². The van der Waals surface area contributed by atoms with Crippen molar-refractivity contribution in [2.24, 2.45) is 0 Å². The first-order valence-corrected chi connectivity index (χ1v) is 10.2. The maximum Gasteiger partial charge on any atom is 0.320 e. The number of hydrogen-bond donors (Lipinski definition) is 0. The van der Waals surface area contributed by atoms with Crippen LogP contribution in [0.1, 0.15) is 13.8 Å². The highest BCUT2D eigenvalue weighted by Gasteiger charge is 2.25. The molecule has 2 amide bonds. The maximum absolute atomic E-state index is 12.6. The lowest BCUT2D eigenvalue weighted by atomic mass is 10.1. The lowest BCUT2D eigenvalue weighted by Crippen LogP contribution is -2.53. The van der Waals surface area contributed by atoms with Crippen LogP contribution in [0.3, 0.4) is 0 Å². The number of carbonyl (C=O) groups excluding carboxylic acids is 1. The average molecular weight is 409 g/mol. The van der Waals surface area contributed by atoms with Crippen LogP contribution in [0.15, 0.2) is 42.6 Å². The number of methoxy groups -OCH3 is 1. The Hall–Kier alpha value is -3.29. The molecular weight excluding hydrogens is 380 g/mol. The molecule has 0 atom stereocenters. The molecule has 0 spiro atoms. The third-order valence-electron chi connectivity index (χ3n) is 5.68. The third kappa shape index (κ3) is 3.65. The average Bonchev–Trinajstić information content (AvgIpc) is 3.21. The molecule has 1 aromatic carbocycles. The first-order valence-electron chi connectivity index (χ1n) is 10.2. The van der Waals surface area contributed by atoms with E-state index in [1.54, 1.807) is 12.0 Å². The largest absolute Gasteiger partial charge is 0.496 e. The second-order valence-corrected chi connectivity index (χ2v) is 7.77. The quantitative estimate of drug-likeness (QED) is 0.664. The van der Waals surface area contributed by atoms with E-state index in [-0.39, 0.29) is 12.1 Å². The van der Waals surface area contributed by atoms with Crippen LogP contribution in [0.2, 0.25) is 0 Å². The molecule has 4 rings (SSSR count). The predicted molar refractivity (Wildman–Crippen MR) is 117 cm³/mol. The minimum atomic E-state index is 0.0844. The van der Waals surface area contributed by atoms with Crippen molar-refractivity contribution in [3.05, 3.63) is 42.6 Å². The Labute approximate surface area is 176 Å². The Balaban J connectivity index is 1.56. The Morgan fingerprint density at radius 1 is 1.10 bits per heavy atom. The van der Waals surface area contributed by atoms with E-state index in [1.807, 2.05) is 72.9 Å². The number of fused-ring (bicyclic) bond motifs is 1. The van der Waals surface area contributed by atoms with Gasteiger partial charge in [-0.1, -0.05) is 12.1 Å². The minimum Gasteiger partial charge on any atom is -0.496 e. The number of ether oxygens (including phenoxy) is 1. The van der Waals surface area contributed by atoms with Crippen LogP contribution in [0.4, 0.5) is 10.6 Å². The molecule has 158 valence electrons. The van der Waals surface area contributed by atoms with E-state index in [9.17, 15) is 4.79 Å². The van der Waals surface area contributed by atoms with Crippen LogP contribution in [-0.4, -0.2) is 76.8 Å². The lowest BCUT2D eigenvalue weighted by molar-refractivity contribution is 0.149. The minimum absolute atomic E-state index is 0.0844. The second kappa shape index (κ2) is 8.22. The van der Waals surface area contributed by atoms with Crippen LogP contribution < -0.4 is 9.64 Å². The van der Waals surface area contributed by atoms with Gasteiger partial charge in [0.1, 0.15) is 11.6 Å². The Bertz CT molecular complexity index is 1040. The van der Waals surface area contributed by atoms with Gasteiger partial charge >= 0.3 is 6.03 Å². The van der Waals surface area contributed by atoms with Gasteiger partial charge in [-0.15, -0.1) is 5.10 Å². The highest BCUT2D eigenvalue weighted by Crippen LogP contribution is 2.30. The van der Waals surface area contributed by atoms with Crippen LogP contribution in [0.25, 0.3) is 16.9 Å². The fraction of sp³-hybridized carbons (Fsp3) is 0.409. The number of hydrogen-bond acceptors (Lipinski definition) is 5. The number of rotatable bonds is 4. The molecule has 1 aliphatic heterocycles. The Kier molecular flexibility index (Phi) is 5.48. The summed E-state index contributed by atoms with van der Waals surface area (Å²) in [5.41, 5.74) is 2.62. The molecule has 0 radical (unpaired) electrons. The van der Waals surface area contributed by atoms with Gasteiger partial charge in [-0.3, -0.25) is 0 Å². The van der Waals surface area contributed by atoms with E-state index in [1.165, 1.54) is 0 Å². The van der Waals surface area contributed by atoms with Gasteiger partial charge in [0.05, 0.1) is 19.0 Å². The number of para-hydroxylation sites is 1. The van der Waals surface area contributed by atoms with E-state index >= 15 is 0 Å². The number of aromatic nitrogens is 3. The van der Waals surface area contributed by atoms with E-state index < -0.39 is 0 Å². The van der Waals surface area contributed by atoms with E-state index in [4.69, 9.17) is 9.84 Å². The van der Waals surface area contributed by atoms with Crippen molar-refractivity contribution >= 4 is 17.5 Å². The van der Waals surface area contributed by atoms with Crippen molar-refractivity contribution in [1.82, 2.24) is 24.4 Å². The number of imidazole rings is 1. The Morgan fingerprint density at radius 3 is 2.53 bits per heavy atom. The highest BCUT2D eigenvalue weighted by atomic mass is 16.5. The molecular formula is C22H28N6O2. The van der Waals surface area contributed by atoms with Gasteiger partial charge in [-0.25, -0.2) is 14.3 Å². The van der Waals surface area contributed by atoms with Crippen molar-refractivity contribution in [2.45, 2.75) is 19.9 Å². The molecule has 0 unspecified atom stereocenters. The molecule has 2 aromatic heterocycles. The van der Waals surface area contributed by atoms with Crippen LogP contribution in [0, 0.1) is 0 Å². The monoisotopic (exact) mass is 408 g/mol. The van der Waals surface area contributed by atoms with Gasteiger partial charge < -0.3 is 19.4 Å². The number of anilines is 1. The molecule has 30 heavy (non-hydrogen) atoms. The summed E-state index contributed by atoms with van der Waals surface area (Å²) in [6.07, 6.45) is 1.82. The van der Waals surface area contributed by atoms with Crippen molar-refractivity contribution in [3.8, 4) is 17.0 Å². The fourth-order valence-electron chi connectivity index (χ4n) is 3.64. The van der Waals surface area contributed by atoms with Gasteiger partial charge in [0.15, 0.2) is 5.65 Å². The summed E-state index contributed by atoms with van der Waals surface area (Å²) in [4.78, 5) is 23.0. The molecule has 1 aliphatic rings. The molecule has 0 aliphatic carbocycles. The lowest BCUT2D eigenvalue weighted by Gasteiger charge is -2.38. The van der Waals surface area contributed by atoms with Gasteiger partial charge in [0, 0.05) is 44.8 Å². The molecule has 1 saturated heterocycles. The number of amides is 2. The summed E-state index contributed by atoms with van der Waals surface area (Å²) in [7, 11) is 3.52. The van der Waals surface area contributed by atoms with Crippen molar-refractivity contribution in [1.29, 1.82) is 0 Å². The summed E-state index contributed by atoms with van der Waals surface area (Å²) in [6, 6.07) is 12.1. The zero-order valence-corrected chi connectivity index (χ0v) is 17.9. The van der Waals surface area contributed by atoms with E-state index in [2.05, 4.69) is 9.88 Å². The standard InChI is InChI=1S/C22H28N6O2/c1-16(2)25(3)22(29)27-13-11-26(12-14-27)21-10-9-20-23-15-18(28(20)24-21)17-7-5-6-8-19(17)30-4/h5-10,15-16H,11-14H2,1-4H3. The zero-order valence-electron chi connectivity index (χ0n) is 17.9. The molecule has 1 fully saturated rings. The summed E-state index contributed by atoms with van der Waals surface area (Å²) < 4.78 is 7.37. The molecule has 0 bridgehead atoms. The normalized spacial score (nSPS) is 14.4. The summed E-state index contributed by atoms with van der Waals surface area (Å²) in [6.45, 7) is 6.90. The highest BCUT2D eigenvalue weighted by molar-refractivity contribution is 5.75. The summed E-state index contributed by atoms with van der Waals surface area (Å²) >= 11 is 0.